The van der Waals surface area contributed by atoms with Crippen molar-refractivity contribution in [2.75, 3.05) is 10.3 Å². The minimum Gasteiger partial charge on any atom is -0.508 e. The molecule has 0 bridgehead atoms. The third kappa shape index (κ3) is 4.94. The summed E-state index contributed by atoms with van der Waals surface area (Å²) >= 11 is 6.57. The highest BCUT2D eigenvalue weighted by Gasteiger charge is 2.70. The first-order valence-corrected chi connectivity index (χ1v) is 17.2. The van der Waals surface area contributed by atoms with Crippen LogP contribution in [0.4, 0.5) is 11.4 Å². The molecular weight excluding hydrogens is 669 g/mol. The molecule has 4 N–H and O–H groups in total. The van der Waals surface area contributed by atoms with E-state index in [1.807, 2.05) is 43.3 Å². The Balaban J connectivity index is 1.31. The number of phenolic OH excluding ortho intramolecular Hbond substituents is 1. The SMILES string of the molecule is Cc1ccc(NN2C(=O)C3CC4C(=CCC5C(=O)N(c6cccc(B(O)O)c6)C(=O)C54)C(c4cc(Cl)ccc4O)C3(c3ccccc3)C2=O)cc1. The second-order valence-electron chi connectivity index (χ2n) is 13.8. The molecule has 2 aliphatic carbocycles. The summed E-state index contributed by atoms with van der Waals surface area (Å²) in [5, 5.41) is 32.5. The number of carbonyl (C=O) groups is 4. The molecule has 4 aromatic carbocycles. The maximum Gasteiger partial charge on any atom is 0.488 e. The Hall–Kier alpha value is -5.23. The quantitative estimate of drug-likeness (QED) is 0.133. The van der Waals surface area contributed by atoms with Gasteiger partial charge in [0.05, 0.1) is 34.5 Å². The first kappa shape index (κ1) is 32.9. The Kier molecular flexibility index (Phi) is 7.90. The van der Waals surface area contributed by atoms with Crippen LogP contribution in [0.3, 0.4) is 0 Å². The van der Waals surface area contributed by atoms with E-state index in [9.17, 15) is 29.5 Å². The molecule has 0 radical (unpaired) electrons. The predicted molar refractivity (Wildman–Crippen MR) is 191 cm³/mol. The lowest BCUT2D eigenvalue weighted by Gasteiger charge is -2.50. The van der Waals surface area contributed by atoms with Crippen molar-refractivity contribution < 1.29 is 34.3 Å². The van der Waals surface area contributed by atoms with Crippen molar-refractivity contribution in [2.24, 2.45) is 23.7 Å². The minimum atomic E-state index is -1.80. The molecule has 2 saturated heterocycles. The molecule has 2 heterocycles. The van der Waals surface area contributed by atoms with Gasteiger partial charge in [-0.15, -0.1) is 0 Å². The van der Waals surface area contributed by atoms with Crippen molar-refractivity contribution in [3.05, 3.63) is 130 Å². The predicted octanol–water partition coefficient (Wildman–Crippen LogP) is 4.22. The minimum absolute atomic E-state index is 0.0820. The summed E-state index contributed by atoms with van der Waals surface area (Å²) in [6.07, 6.45) is 2.16. The van der Waals surface area contributed by atoms with Crippen molar-refractivity contribution >= 4 is 59.2 Å². The third-order valence-corrected chi connectivity index (χ3v) is 11.4. The van der Waals surface area contributed by atoms with E-state index in [4.69, 9.17) is 11.6 Å². The Morgan fingerprint density at radius 2 is 1.59 bits per heavy atom. The van der Waals surface area contributed by atoms with Crippen LogP contribution in [0.2, 0.25) is 5.02 Å². The molecule has 6 atom stereocenters. The molecule has 0 spiro atoms. The van der Waals surface area contributed by atoms with Crippen molar-refractivity contribution in [3.8, 4) is 5.75 Å². The lowest BCUT2D eigenvalue weighted by molar-refractivity contribution is -0.138. The first-order chi connectivity index (χ1) is 24.5. The first-order valence-electron chi connectivity index (χ1n) is 16.8. The van der Waals surface area contributed by atoms with E-state index in [1.54, 1.807) is 48.5 Å². The average molecular weight is 702 g/mol. The highest BCUT2D eigenvalue weighted by molar-refractivity contribution is 6.58. The number of rotatable bonds is 6. The van der Waals surface area contributed by atoms with E-state index >= 15 is 4.79 Å². The van der Waals surface area contributed by atoms with Crippen LogP contribution in [0.5, 0.6) is 5.75 Å². The summed E-state index contributed by atoms with van der Waals surface area (Å²) in [6, 6.07) is 26.9. The fourth-order valence-corrected chi connectivity index (χ4v) is 9.11. The van der Waals surface area contributed by atoms with Gasteiger partial charge in [-0.1, -0.05) is 83.4 Å². The van der Waals surface area contributed by atoms with Gasteiger partial charge in [-0.2, -0.15) is 5.01 Å². The number of nitrogens with one attached hydrogen (secondary N) is 1. The summed E-state index contributed by atoms with van der Waals surface area (Å²) in [5.41, 5.74) is 4.96. The maximum atomic E-state index is 15.2. The van der Waals surface area contributed by atoms with E-state index in [-0.39, 0.29) is 29.7 Å². The number of benzene rings is 4. The zero-order valence-corrected chi connectivity index (χ0v) is 28.2. The number of imide groups is 2. The maximum absolute atomic E-state index is 15.2. The lowest BCUT2D eigenvalue weighted by atomic mass is 9.49. The summed E-state index contributed by atoms with van der Waals surface area (Å²) in [4.78, 5) is 59.5. The van der Waals surface area contributed by atoms with Crippen molar-refractivity contribution in [1.29, 1.82) is 0 Å². The van der Waals surface area contributed by atoms with Crippen LogP contribution in [-0.2, 0) is 24.6 Å². The lowest BCUT2D eigenvalue weighted by Crippen LogP contribution is -2.53. The van der Waals surface area contributed by atoms with Crippen molar-refractivity contribution in [1.82, 2.24) is 5.01 Å². The number of anilines is 2. The molecule has 51 heavy (non-hydrogen) atoms. The number of carbonyl (C=O) groups excluding carboxylic acids is 4. The monoisotopic (exact) mass is 701 g/mol. The van der Waals surface area contributed by atoms with E-state index in [2.05, 4.69) is 5.43 Å². The zero-order chi connectivity index (χ0) is 35.8. The fourth-order valence-electron chi connectivity index (χ4n) is 8.93. The number of amides is 4. The van der Waals surface area contributed by atoms with Gasteiger partial charge in [0.2, 0.25) is 11.8 Å². The molecule has 4 aromatic rings. The summed E-state index contributed by atoms with van der Waals surface area (Å²) in [6.45, 7) is 1.93. The topological polar surface area (TPSA) is 147 Å². The van der Waals surface area contributed by atoms with Crippen LogP contribution in [0.25, 0.3) is 0 Å². The Morgan fingerprint density at radius 1 is 0.843 bits per heavy atom. The second-order valence-corrected chi connectivity index (χ2v) is 14.2. The van der Waals surface area contributed by atoms with E-state index < -0.39 is 65.8 Å². The molecule has 8 rings (SSSR count). The van der Waals surface area contributed by atoms with Gasteiger partial charge in [0.1, 0.15) is 5.75 Å². The third-order valence-electron chi connectivity index (χ3n) is 11.1. The zero-order valence-electron chi connectivity index (χ0n) is 27.4. The number of halogens is 1. The Morgan fingerprint density at radius 3 is 2.31 bits per heavy atom. The van der Waals surface area contributed by atoms with Gasteiger partial charge in [-0.05, 0) is 79.2 Å². The van der Waals surface area contributed by atoms with Crippen LogP contribution >= 0.6 is 11.6 Å². The number of allylic oxidation sites excluding steroid dienone is 2. The van der Waals surface area contributed by atoms with Gasteiger partial charge in [-0.25, -0.2) is 0 Å². The second kappa shape index (κ2) is 12.2. The molecule has 6 unspecified atom stereocenters. The number of fused-ring (bicyclic) bond motifs is 4. The normalized spacial score (nSPS) is 26.8. The molecule has 12 heteroatoms. The largest absolute Gasteiger partial charge is 0.508 e. The van der Waals surface area contributed by atoms with Crippen molar-refractivity contribution in [3.63, 3.8) is 0 Å². The smallest absolute Gasteiger partial charge is 0.488 e. The standard InChI is InChI=1S/C39H33BClN3O7/c1-21-10-13-25(14-11-21)42-44-36(47)31-20-29-27(15-16-28-33(29)37(48)43(35(28)46)26-9-5-8-23(18-26)40(50)51)34(30-19-24(41)12-17-32(30)45)39(31,38(44)49)22-6-3-2-4-7-22/h2-15,17-19,28-29,31,33-34,42,45,50-51H,16,20H2,1H3. The molecule has 1 saturated carbocycles. The molecular formula is C39H33BClN3O7. The van der Waals surface area contributed by atoms with Gasteiger partial charge in [-0.3, -0.25) is 29.5 Å². The highest BCUT2D eigenvalue weighted by Crippen LogP contribution is 2.65. The van der Waals surface area contributed by atoms with Crippen LogP contribution in [0.15, 0.2) is 109 Å². The summed E-state index contributed by atoms with van der Waals surface area (Å²) in [7, 11) is -1.80. The van der Waals surface area contributed by atoms with E-state index in [0.717, 1.165) is 15.5 Å². The number of aryl methyl sites for hydroxylation is 1. The van der Waals surface area contributed by atoms with Gasteiger partial charge in [0.25, 0.3) is 11.8 Å². The number of phenols is 1. The summed E-state index contributed by atoms with van der Waals surface area (Å²) < 4.78 is 0. The van der Waals surface area contributed by atoms with Crippen molar-refractivity contribution in [2.45, 2.75) is 31.1 Å². The number of nitrogens with zero attached hydrogens (tertiary/aromatic N) is 2. The van der Waals surface area contributed by atoms with Gasteiger partial charge in [0, 0.05) is 16.5 Å². The van der Waals surface area contributed by atoms with Gasteiger partial charge in [0.15, 0.2) is 0 Å². The van der Waals surface area contributed by atoms with Gasteiger partial charge < -0.3 is 15.2 Å². The highest BCUT2D eigenvalue weighted by atomic mass is 35.5. The van der Waals surface area contributed by atoms with E-state index in [1.165, 1.54) is 18.2 Å². The van der Waals surface area contributed by atoms with E-state index in [0.29, 0.717) is 27.4 Å². The molecule has 0 aromatic heterocycles. The fraction of sp³-hybridized carbons (Fsp3) is 0.231. The molecule has 256 valence electrons. The molecule has 3 fully saturated rings. The van der Waals surface area contributed by atoms with Crippen LogP contribution in [-0.4, -0.2) is 50.9 Å². The van der Waals surface area contributed by atoms with Gasteiger partial charge >= 0.3 is 7.12 Å². The molecule has 10 nitrogen and oxygen atoms in total. The Bertz CT molecular complexity index is 2140. The molecule has 4 amide bonds. The Labute approximate surface area is 299 Å². The number of hydrogen-bond acceptors (Lipinski definition) is 8. The van der Waals surface area contributed by atoms with Crippen LogP contribution < -0.4 is 15.8 Å². The number of aromatic hydroxyl groups is 1. The van der Waals surface area contributed by atoms with Crippen LogP contribution in [0, 0.1) is 30.6 Å². The summed E-state index contributed by atoms with van der Waals surface area (Å²) in [5.74, 6) is -6.24. The average Bonchev–Trinajstić information content (AvgIpc) is 3.51. The number of hydrogen-bond donors (Lipinski definition) is 4. The molecule has 4 aliphatic rings. The number of hydrazine groups is 1. The molecule has 2 aliphatic heterocycles. The van der Waals surface area contributed by atoms with Crippen LogP contribution in [0.1, 0.15) is 35.4 Å².